The second-order valence-electron chi connectivity index (χ2n) is 6.39. The molecule has 0 aliphatic heterocycles. The van der Waals surface area contributed by atoms with Crippen molar-refractivity contribution in [2.75, 3.05) is 6.61 Å². The van der Waals surface area contributed by atoms with Crippen molar-refractivity contribution in [3.8, 4) is 11.5 Å². The van der Waals surface area contributed by atoms with E-state index in [1.54, 1.807) is 0 Å². The van der Waals surface area contributed by atoms with Crippen LogP contribution in [0, 0.1) is 26.7 Å². The number of aryl methyl sites for hydroxylation is 1. The van der Waals surface area contributed by atoms with Crippen molar-refractivity contribution in [2.24, 2.45) is 5.92 Å². The molecule has 0 amide bonds. The van der Waals surface area contributed by atoms with Crippen molar-refractivity contribution in [3.63, 3.8) is 0 Å². The molecule has 0 unspecified atom stereocenters. The number of hydrogen-bond donors (Lipinski definition) is 1. The monoisotopic (exact) mass is 290 g/mol. The average Bonchev–Trinajstić information content (AvgIpc) is 2.41. The fourth-order valence-electron chi connectivity index (χ4n) is 2.35. The molecule has 1 aromatic carbocycles. The lowest BCUT2D eigenvalue weighted by molar-refractivity contribution is 0.277. The van der Waals surface area contributed by atoms with Gasteiger partial charge >= 0.3 is 0 Å². The molecule has 118 valence electrons. The Morgan fingerprint density at radius 2 is 1.86 bits per heavy atom. The molecule has 0 aliphatic carbocycles. The summed E-state index contributed by atoms with van der Waals surface area (Å²) >= 11 is 0. The molecule has 0 aromatic heterocycles. The zero-order valence-corrected chi connectivity index (χ0v) is 14.4. The number of aromatic hydroxyl groups is 1. The fraction of sp³-hybridized carbons (Fsp3) is 0.579. The minimum atomic E-state index is 0.384. The largest absolute Gasteiger partial charge is 0.507 e. The van der Waals surface area contributed by atoms with E-state index in [1.165, 1.54) is 12.0 Å². The van der Waals surface area contributed by atoms with Crippen LogP contribution in [-0.2, 0) is 0 Å². The van der Waals surface area contributed by atoms with E-state index in [1.807, 2.05) is 26.8 Å². The highest BCUT2D eigenvalue weighted by Gasteiger charge is 2.10. The molecule has 0 heterocycles. The maximum absolute atomic E-state index is 9.91. The topological polar surface area (TPSA) is 29.5 Å². The first-order valence-corrected chi connectivity index (χ1v) is 7.88. The van der Waals surface area contributed by atoms with Crippen molar-refractivity contribution >= 4 is 0 Å². The van der Waals surface area contributed by atoms with Gasteiger partial charge in [0.1, 0.15) is 11.5 Å². The maximum atomic E-state index is 9.91. The third-order valence-electron chi connectivity index (χ3n) is 4.09. The minimum Gasteiger partial charge on any atom is -0.507 e. The molecule has 1 aromatic rings. The number of hydrogen-bond acceptors (Lipinski definition) is 2. The molecule has 0 saturated carbocycles. The van der Waals surface area contributed by atoms with E-state index in [-0.39, 0.29) is 0 Å². The van der Waals surface area contributed by atoms with Crippen LogP contribution in [0.1, 0.15) is 56.7 Å². The molecule has 0 bridgehead atoms. The smallest absolute Gasteiger partial charge is 0.122 e. The van der Waals surface area contributed by atoms with Gasteiger partial charge in [0.05, 0.1) is 6.61 Å². The summed E-state index contributed by atoms with van der Waals surface area (Å²) < 4.78 is 5.92. The molecular weight excluding hydrogens is 260 g/mol. The van der Waals surface area contributed by atoms with Gasteiger partial charge in [-0.15, -0.1) is 0 Å². The van der Waals surface area contributed by atoms with E-state index in [9.17, 15) is 5.11 Å². The van der Waals surface area contributed by atoms with Crippen LogP contribution in [0.4, 0.5) is 0 Å². The van der Waals surface area contributed by atoms with Gasteiger partial charge in [0.25, 0.3) is 0 Å². The summed E-state index contributed by atoms with van der Waals surface area (Å²) in [5.74, 6) is 1.95. The molecular formula is C19H30O2. The lowest BCUT2D eigenvalue weighted by atomic mass is 10.0. The Morgan fingerprint density at radius 3 is 2.48 bits per heavy atom. The SMILES string of the molecule is CC(C)=CCC[C@H](C)CCOc1cc(C)c(O)c(C)c1C. The summed E-state index contributed by atoms with van der Waals surface area (Å²) in [4.78, 5) is 0. The van der Waals surface area contributed by atoms with E-state index in [0.29, 0.717) is 11.7 Å². The Bertz CT molecular complexity index is 497. The molecule has 0 spiro atoms. The van der Waals surface area contributed by atoms with E-state index >= 15 is 0 Å². The Hall–Kier alpha value is -1.44. The summed E-state index contributed by atoms with van der Waals surface area (Å²) in [6, 6.07) is 1.94. The molecule has 2 nitrogen and oxygen atoms in total. The Balaban J connectivity index is 2.48. The van der Waals surface area contributed by atoms with Gasteiger partial charge in [-0.05, 0) is 82.6 Å². The van der Waals surface area contributed by atoms with Crippen LogP contribution in [0.2, 0.25) is 0 Å². The first-order valence-electron chi connectivity index (χ1n) is 7.88. The predicted octanol–water partition coefficient (Wildman–Crippen LogP) is 5.47. The van der Waals surface area contributed by atoms with Gasteiger partial charge in [0.15, 0.2) is 0 Å². The zero-order valence-electron chi connectivity index (χ0n) is 14.4. The molecule has 1 N–H and O–H groups in total. The molecule has 1 rings (SSSR count). The average molecular weight is 290 g/mol. The number of phenols is 1. The quantitative estimate of drug-likeness (QED) is 0.675. The summed E-state index contributed by atoms with van der Waals surface area (Å²) in [5.41, 5.74) is 4.23. The highest BCUT2D eigenvalue weighted by molar-refractivity contribution is 5.51. The van der Waals surface area contributed by atoms with Crippen molar-refractivity contribution in [2.45, 2.75) is 60.8 Å². The Kier molecular flexibility index (Phi) is 6.80. The van der Waals surface area contributed by atoms with Crippen LogP contribution >= 0.6 is 0 Å². The van der Waals surface area contributed by atoms with Crippen molar-refractivity contribution in [3.05, 3.63) is 34.4 Å². The van der Waals surface area contributed by atoms with Gasteiger partial charge in [-0.25, -0.2) is 0 Å². The normalized spacial score (nSPS) is 12.1. The van der Waals surface area contributed by atoms with Crippen LogP contribution in [0.15, 0.2) is 17.7 Å². The highest BCUT2D eigenvalue weighted by atomic mass is 16.5. The lowest BCUT2D eigenvalue weighted by Gasteiger charge is -2.16. The van der Waals surface area contributed by atoms with Gasteiger partial charge in [-0.2, -0.15) is 0 Å². The minimum absolute atomic E-state index is 0.384. The molecule has 0 radical (unpaired) electrons. The second-order valence-corrected chi connectivity index (χ2v) is 6.39. The fourth-order valence-corrected chi connectivity index (χ4v) is 2.35. The number of rotatable bonds is 7. The third-order valence-corrected chi connectivity index (χ3v) is 4.09. The molecule has 1 atom stereocenters. The molecule has 0 saturated heterocycles. The summed E-state index contributed by atoms with van der Waals surface area (Å²) in [7, 11) is 0. The van der Waals surface area contributed by atoms with E-state index in [2.05, 4.69) is 26.8 Å². The van der Waals surface area contributed by atoms with Crippen molar-refractivity contribution in [1.29, 1.82) is 0 Å². The predicted molar refractivity (Wildman–Crippen MR) is 90.3 cm³/mol. The van der Waals surface area contributed by atoms with E-state index in [0.717, 1.165) is 41.9 Å². The summed E-state index contributed by atoms with van der Waals surface area (Å²) in [6.45, 7) is 13.2. The lowest BCUT2D eigenvalue weighted by Crippen LogP contribution is -2.05. The Morgan fingerprint density at radius 1 is 1.19 bits per heavy atom. The number of phenolic OH excluding ortho intramolecular Hbond substituents is 1. The van der Waals surface area contributed by atoms with Gasteiger partial charge in [-0.1, -0.05) is 18.6 Å². The van der Waals surface area contributed by atoms with Crippen LogP contribution in [0.25, 0.3) is 0 Å². The maximum Gasteiger partial charge on any atom is 0.122 e. The number of allylic oxidation sites excluding steroid dienone is 2. The van der Waals surface area contributed by atoms with Gasteiger partial charge in [0.2, 0.25) is 0 Å². The number of ether oxygens (including phenoxy) is 1. The Labute approximate surface area is 129 Å². The van der Waals surface area contributed by atoms with Gasteiger partial charge in [0, 0.05) is 0 Å². The molecule has 2 heteroatoms. The first kappa shape index (κ1) is 17.6. The van der Waals surface area contributed by atoms with Crippen LogP contribution < -0.4 is 4.74 Å². The van der Waals surface area contributed by atoms with Crippen LogP contribution in [-0.4, -0.2) is 11.7 Å². The second kappa shape index (κ2) is 8.11. The van der Waals surface area contributed by atoms with Gasteiger partial charge in [-0.3, -0.25) is 0 Å². The van der Waals surface area contributed by atoms with Crippen LogP contribution in [0.3, 0.4) is 0 Å². The van der Waals surface area contributed by atoms with Crippen LogP contribution in [0.5, 0.6) is 11.5 Å². The highest BCUT2D eigenvalue weighted by Crippen LogP contribution is 2.32. The zero-order chi connectivity index (χ0) is 16.0. The standard InChI is InChI=1S/C19H30O2/c1-13(2)8-7-9-14(3)10-11-21-18-12-15(4)19(20)17(6)16(18)5/h8,12,14,20H,7,9-11H2,1-6H3/t14-/m0/s1. The summed E-state index contributed by atoms with van der Waals surface area (Å²) in [5, 5.41) is 9.91. The third kappa shape index (κ3) is 5.45. The van der Waals surface area contributed by atoms with Gasteiger partial charge < -0.3 is 9.84 Å². The first-order chi connectivity index (χ1) is 9.82. The van der Waals surface area contributed by atoms with E-state index in [4.69, 9.17) is 4.74 Å². The van der Waals surface area contributed by atoms with E-state index < -0.39 is 0 Å². The number of benzene rings is 1. The van der Waals surface area contributed by atoms with Crippen molar-refractivity contribution < 1.29 is 9.84 Å². The van der Waals surface area contributed by atoms with Crippen molar-refractivity contribution in [1.82, 2.24) is 0 Å². The molecule has 0 aliphatic rings. The molecule has 21 heavy (non-hydrogen) atoms. The molecule has 0 fully saturated rings. The summed E-state index contributed by atoms with van der Waals surface area (Å²) in [6.07, 6.45) is 5.73.